The summed E-state index contributed by atoms with van der Waals surface area (Å²) in [5, 5.41) is 4.44. The molecule has 3 rings (SSSR count). The summed E-state index contributed by atoms with van der Waals surface area (Å²) in [4.78, 5) is 19.6. The number of hydrogen-bond acceptors (Lipinski definition) is 4. The molecule has 0 atom stereocenters. The molecule has 0 unspecified atom stereocenters. The number of nitrogens with zero attached hydrogens (tertiary/aromatic N) is 4. The Balaban J connectivity index is 1.90. The Labute approximate surface area is 121 Å². The molecule has 3 heterocycles. The van der Waals surface area contributed by atoms with Crippen molar-refractivity contribution < 1.29 is 4.79 Å². The maximum atomic E-state index is 11.4. The van der Waals surface area contributed by atoms with E-state index in [0.717, 1.165) is 5.56 Å². The molecule has 3 aromatic heterocycles. The van der Waals surface area contributed by atoms with Crippen molar-refractivity contribution in [2.45, 2.75) is 6.54 Å². The molecular formula is C15H13N5O. The van der Waals surface area contributed by atoms with Crippen LogP contribution in [-0.2, 0) is 6.54 Å². The number of nitrogens with two attached hydrogens (primary N) is 1. The highest BCUT2D eigenvalue weighted by molar-refractivity contribution is 5.98. The van der Waals surface area contributed by atoms with Gasteiger partial charge in [0.1, 0.15) is 11.4 Å². The largest absolute Gasteiger partial charge is 0.366 e. The number of aromatic nitrogens is 4. The average Bonchev–Trinajstić information content (AvgIpc) is 2.96. The summed E-state index contributed by atoms with van der Waals surface area (Å²) in [7, 11) is 0. The molecule has 0 fully saturated rings. The van der Waals surface area contributed by atoms with Crippen LogP contribution in [0.3, 0.4) is 0 Å². The predicted molar refractivity (Wildman–Crippen MR) is 77.3 cm³/mol. The van der Waals surface area contributed by atoms with E-state index in [1.54, 1.807) is 35.4 Å². The van der Waals surface area contributed by atoms with E-state index < -0.39 is 5.91 Å². The predicted octanol–water partition coefficient (Wildman–Crippen LogP) is 1.49. The quantitative estimate of drug-likeness (QED) is 0.783. The molecule has 2 N–H and O–H groups in total. The molecule has 21 heavy (non-hydrogen) atoms. The summed E-state index contributed by atoms with van der Waals surface area (Å²) < 4.78 is 1.78. The lowest BCUT2D eigenvalue weighted by atomic mass is 10.1. The first-order valence-corrected chi connectivity index (χ1v) is 6.41. The molecule has 104 valence electrons. The summed E-state index contributed by atoms with van der Waals surface area (Å²) >= 11 is 0. The maximum absolute atomic E-state index is 11.4. The molecule has 0 spiro atoms. The van der Waals surface area contributed by atoms with Crippen LogP contribution in [0, 0.1) is 0 Å². The van der Waals surface area contributed by atoms with Crippen LogP contribution in [0.15, 0.2) is 55.1 Å². The maximum Gasteiger partial charge on any atom is 0.250 e. The fourth-order valence-corrected chi connectivity index (χ4v) is 2.06. The molecule has 3 aromatic rings. The number of primary amides is 1. The fourth-order valence-electron chi connectivity index (χ4n) is 2.06. The van der Waals surface area contributed by atoms with E-state index in [9.17, 15) is 4.79 Å². The third-order valence-corrected chi connectivity index (χ3v) is 3.05. The zero-order valence-corrected chi connectivity index (χ0v) is 11.2. The second kappa shape index (κ2) is 5.54. The normalized spacial score (nSPS) is 10.5. The first-order valence-electron chi connectivity index (χ1n) is 6.41. The minimum absolute atomic E-state index is 0.367. The standard InChI is InChI=1S/C15H13N5O/c16-15(21)12-2-1-6-18-14(12)13-5-9-20(19-13)10-11-3-7-17-8-4-11/h1-9H,10H2,(H2,16,21). The molecule has 0 aliphatic heterocycles. The van der Waals surface area contributed by atoms with Gasteiger partial charge in [-0.25, -0.2) is 0 Å². The van der Waals surface area contributed by atoms with Crippen LogP contribution < -0.4 is 5.73 Å². The molecule has 0 aromatic carbocycles. The number of pyridine rings is 2. The molecule has 0 radical (unpaired) electrons. The van der Waals surface area contributed by atoms with Crippen molar-refractivity contribution in [2.24, 2.45) is 5.73 Å². The monoisotopic (exact) mass is 279 g/mol. The van der Waals surface area contributed by atoms with Gasteiger partial charge in [0.25, 0.3) is 5.91 Å². The molecule has 0 saturated carbocycles. The van der Waals surface area contributed by atoms with Crippen LogP contribution in [0.2, 0.25) is 0 Å². The van der Waals surface area contributed by atoms with Gasteiger partial charge in [0.2, 0.25) is 0 Å². The Morgan fingerprint density at radius 2 is 1.95 bits per heavy atom. The zero-order valence-electron chi connectivity index (χ0n) is 11.2. The zero-order chi connectivity index (χ0) is 14.7. The molecule has 0 bridgehead atoms. The summed E-state index contributed by atoms with van der Waals surface area (Å²) in [6, 6.07) is 8.99. The lowest BCUT2D eigenvalue weighted by Crippen LogP contribution is -2.13. The van der Waals surface area contributed by atoms with Crippen molar-refractivity contribution in [1.82, 2.24) is 19.7 Å². The molecule has 0 saturated heterocycles. The smallest absolute Gasteiger partial charge is 0.250 e. The number of carbonyl (C=O) groups excluding carboxylic acids is 1. The van der Waals surface area contributed by atoms with E-state index in [2.05, 4.69) is 15.1 Å². The van der Waals surface area contributed by atoms with E-state index in [4.69, 9.17) is 5.73 Å². The van der Waals surface area contributed by atoms with Crippen molar-refractivity contribution in [3.05, 3.63) is 66.2 Å². The van der Waals surface area contributed by atoms with E-state index in [1.807, 2.05) is 24.4 Å². The Bertz CT molecular complexity index is 766. The van der Waals surface area contributed by atoms with Gasteiger partial charge in [-0.2, -0.15) is 5.10 Å². The van der Waals surface area contributed by atoms with Crippen molar-refractivity contribution in [3.63, 3.8) is 0 Å². The number of amides is 1. The van der Waals surface area contributed by atoms with Gasteiger partial charge < -0.3 is 5.73 Å². The van der Waals surface area contributed by atoms with Crippen LogP contribution in [0.1, 0.15) is 15.9 Å². The first kappa shape index (κ1) is 13.0. The SMILES string of the molecule is NC(=O)c1cccnc1-c1ccn(Cc2ccncc2)n1. The van der Waals surface area contributed by atoms with Crippen LogP contribution in [0.5, 0.6) is 0 Å². The van der Waals surface area contributed by atoms with Crippen LogP contribution in [-0.4, -0.2) is 25.7 Å². The van der Waals surface area contributed by atoms with Crippen LogP contribution >= 0.6 is 0 Å². The van der Waals surface area contributed by atoms with Crippen molar-refractivity contribution in [3.8, 4) is 11.4 Å². The Morgan fingerprint density at radius 1 is 1.14 bits per heavy atom. The Morgan fingerprint density at radius 3 is 2.71 bits per heavy atom. The number of hydrogen-bond donors (Lipinski definition) is 1. The van der Waals surface area contributed by atoms with Gasteiger partial charge >= 0.3 is 0 Å². The summed E-state index contributed by atoms with van der Waals surface area (Å²) in [5.74, 6) is -0.512. The number of rotatable bonds is 4. The van der Waals surface area contributed by atoms with Gasteiger partial charge in [-0.3, -0.25) is 19.4 Å². The average molecular weight is 279 g/mol. The van der Waals surface area contributed by atoms with E-state index >= 15 is 0 Å². The van der Waals surface area contributed by atoms with Crippen molar-refractivity contribution >= 4 is 5.91 Å². The second-order valence-corrected chi connectivity index (χ2v) is 4.52. The van der Waals surface area contributed by atoms with Crippen LogP contribution in [0.4, 0.5) is 0 Å². The summed E-state index contributed by atoms with van der Waals surface area (Å²) in [6.45, 7) is 0.626. The topological polar surface area (TPSA) is 86.7 Å². The first-order chi connectivity index (χ1) is 10.2. The minimum atomic E-state index is -0.512. The highest BCUT2D eigenvalue weighted by Gasteiger charge is 2.13. The minimum Gasteiger partial charge on any atom is -0.366 e. The Hall–Kier alpha value is -3.02. The summed E-state index contributed by atoms with van der Waals surface area (Å²) in [5.41, 5.74) is 7.94. The van der Waals surface area contributed by atoms with Crippen LogP contribution in [0.25, 0.3) is 11.4 Å². The molecule has 0 aliphatic carbocycles. The Kier molecular flexibility index (Phi) is 3.42. The van der Waals surface area contributed by atoms with E-state index in [1.165, 1.54) is 0 Å². The van der Waals surface area contributed by atoms with Gasteiger partial charge in [0.15, 0.2) is 0 Å². The summed E-state index contributed by atoms with van der Waals surface area (Å²) in [6.07, 6.45) is 6.94. The molecule has 1 amide bonds. The van der Waals surface area contributed by atoms with E-state index in [0.29, 0.717) is 23.5 Å². The van der Waals surface area contributed by atoms with Gasteiger partial charge in [-0.1, -0.05) is 0 Å². The third kappa shape index (κ3) is 2.79. The molecule has 6 nitrogen and oxygen atoms in total. The van der Waals surface area contributed by atoms with Crippen molar-refractivity contribution in [2.75, 3.05) is 0 Å². The third-order valence-electron chi connectivity index (χ3n) is 3.05. The highest BCUT2D eigenvalue weighted by atomic mass is 16.1. The van der Waals surface area contributed by atoms with E-state index in [-0.39, 0.29) is 0 Å². The van der Waals surface area contributed by atoms with Gasteiger partial charge in [-0.15, -0.1) is 0 Å². The second-order valence-electron chi connectivity index (χ2n) is 4.52. The van der Waals surface area contributed by atoms with Gasteiger partial charge in [-0.05, 0) is 35.9 Å². The lowest BCUT2D eigenvalue weighted by molar-refractivity contribution is 0.100. The molecular weight excluding hydrogens is 266 g/mol. The fraction of sp³-hybridized carbons (Fsp3) is 0.0667. The van der Waals surface area contributed by atoms with Gasteiger partial charge in [0, 0.05) is 24.8 Å². The van der Waals surface area contributed by atoms with Crippen molar-refractivity contribution in [1.29, 1.82) is 0 Å². The lowest BCUT2D eigenvalue weighted by Gasteiger charge is -2.03. The van der Waals surface area contributed by atoms with Gasteiger partial charge in [0.05, 0.1) is 12.1 Å². The molecule has 6 heteroatoms. The molecule has 0 aliphatic rings. The highest BCUT2D eigenvalue weighted by Crippen LogP contribution is 2.18. The number of carbonyl (C=O) groups is 1.